The molecule has 1 aromatic carbocycles. The Balaban J connectivity index is 1.90. The summed E-state index contributed by atoms with van der Waals surface area (Å²) in [4.78, 5) is 15.2. The molecule has 4 rings (SSSR count). The Labute approximate surface area is 130 Å². The van der Waals surface area contributed by atoms with E-state index < -0.39 is 0 Å². The van der Waals surface area contributed by atoms with E-state index in [0.29, 0.717) is 0 Å². The van der Waals surface area contributed by atoms with E-state index in [2.05, 4.69) is 22.9 Å². The van der Waals surface area contributed by atoms with Crippen LogP contribution in [0.4, 0.5) is 5.69 Å². The van der Waals surface area contributed by atoms with Crippen LogP contribution < -0.4 is 10.2 Å². The number of benzene rings is 1. The van der Waals surface area contributed by atoms with Gasteiger partial charge in [0.1, 0.15) is 29.8 Å². The number of rotatable bonds is 2. The lowest BCUT2D eigenvalue weighted by atomic mass is 9.81. The van der Waals surface area contributed by atoms with Gasteiger partial charge >= 0.3 is 0 Å². The van der Waals surface area contributed by atoms with Crippen LogP contribution in [0.25, 0.3) is 0 Å². The van der Waals surface area contributed by atoms with Crippen LogP contribution in [-0.4, -0.2) is 19.0 Å². The minimum absolute atomic E-state index is 0.0308. The molecule has 0 bridgehead atoms. The Kier molecular flexibility index (Phi) is 2.78. The summed E-state index contributed by atoms with van der Waals surface area (Å²) in [6.07, 6.45) is 9.67. The number of anilines is 1. The van der Waals surface area contributed by atoms with Gasteiger partial charge in [-0.25, -0.2) is 0 Å². The summed E-state index contributed by atoms with van der Waals surface area (Å²) >= 11 is 0. The van der Waals surface area contributed by atoms with Crippen LogP contribution in [0.2, 0.25) is 0 Å². The van der Waals surface area contributed by atoms with Crippen LogP contribution in [0, 0.1) is 12.0 Å². The van der Waals surface area contributed by atoms with E-state index in [9.17, 15) is 4.79 Å². The molecule has 1 aliphatic carbocycles. The molecule has 1 fully saturated rings. The quantitative estimate of drug-likeness (QED) is 0.671. The maximum Gasteiger partial charge on any atom is 0.178 e. The third kappa shape index (κ3) is 1.63. The van der Waals surface area contributed by atoms with E-state index in [1.807, 2.05) is 49.5 Å². The molecule has 2 unspecified atom stereocenters. The molecule has 1 aromatic rings. The molecule has 3 heteroatoms. The van der Waals surface area contributed by atoms with Crippen LogP contribution in [0.15, 0.2) is 65.9 Å². The van der Waals surface area contributed by atoms with Crippen molar-refractivity contribution in [3.05, 3.63) is 77.6 Å². The van der Waals surface area contributed by atoms with Crippen molar-refractivity contribution in [1.29, 1.82) is 0 Å². The van der Waals surface area contributed by atoms with E-state index in [1.165, 1.54) is 0 Å². The van der Waals surface area contributed by atoms with E-state index in [0.717, 1.165) is 34.5 Å². The van der Waals surface area contributed by atoms with Crippen LogP contribution in [0.5, 0.6) is 0 Å². The Morgan fingerprint density at radius 1 is 1.41 bits per heavy atom. The molecule has 108 valence electrons. The van der Waals surface area contributed by atoms with Crippen molar-refractivity contribution >= 4 is 11.5 Å². The van der Waals surface area contributed by atoms with Crippen LogP contribution in [-0.2, 0) is 0 Å². The van der Waals surface area contributed by atoms with Gasteiger partial charge in [0.05, 0.1) is 5.57 Å². The smallest absolute Gasteiger partial charge is 0.178 e. The molecule has 1 N–H and O–H groups in total. The first-order valence-corrected chi connectivity index (χ1v) is 7.48. The third-order valence-electron chi connectivity index (χ3n) is 4.66. The number of fused-ring (bicyclic) bond motifs is 4. The van der Waals surface area contributed by atoms with Gasteiger partial charge in [0.15, 0.2) is 11.5 Å². The number of ketones is 1. The number of allylic oxidation sites excluding steroid dienone is 6. The molecule has 2 heterocycles. The largest absolute Gasteiger partial charge is 0.352 e. The molecule has 0 radical (unpaired) electrons. The summed E-state index contributed by atoms with van der Waals surface area (Å²) in [6.45, 7) is 3.83. The predicted octanol–water partition coefficient (Wildman–Crippen LogP) is 2.99. The van der Waals surface area contributed by atoms with Crippen molar-refractivity contribution < 1.29 is 4.79 Å². The summed E-state index contributed by atoms with van der Waals surface area (Å²) in [5.41, 5.74) is 5.05. The van der Waals surface area contributed by atoms with Gasteiger partial charge in [-0.15, -0.1) is 6.58 Å². The number of carbonyl (C=O) groups excluding carboxylic acids is 1. The second kappa shape index (κ2) is 4.69. The van der Waals surface area contributed by atoms with Crippen molar-refractivity contribution in [3.63, 3.8) is 0 Å². The number of nitrogens with zero attached hydrogens (tertiary/aromatic N) is 1. The van der Waals surface area contributed by atoms with E-state index in [4.69, 9.17) is 0 Å². The molecule has 0 saturated carbocycles. The highest BCUT2D eigenvalue weighted by Crippen LogP contribution is 2.44. The lowest BCUT2D eigenvalue weighted by Gasteiger charge is -2.35. The number of nitrogens with one attached hydrogen (secondary N) is 1. The molecule has 3 nitrogen and oxygen atoms in total. The topological polar surface area (TPSA) is 32.3 Å². The Morgan fingerprint density at radius 2 is 2.23 bits per heavy atom. The average Bonchev–Trinajstić information content (AvgIpc) is 2.94. The van der Waals surface area contributed by atoms with Gasteiger partial charge in [-0.3, -0.25) is 4.79 Å². The Bertz CT molecular complexity index is 769. The lowest BCUT2D eigenvalue weighted by molar-refractivity contribution is 0.0920. The SMILES string of the molecule is C=CCC1=C2C(=C[C+]=C1)NC1C2C(=O)c2ccccc2N1C. The van der Waals surface area contributed by atoms with Gasteiger partial charge in [-0.05, 0) is 12.1 Å². The predicted molar refractivity (Wildman–Crippen MR) is 87.3 cm³/mol. The summed E-state index contributed by atoms with van der Waals surface area (Å²) in [6, 6.07) is 7.83. The third-order valence-corrected chi connectivity index (χ3v) is 4.66. The first kappa shape index (κ1) is 13.1. The van der Waals surface area contributed by atoms with Gasteiger partial charge in [-0.1, -0.05) is 18.2 Å². The fraction of sp³-hybridized carbons (Fsp3) is 0.211. The minimum atomic E-state index is -0.167. The first-order valence-electron chi connectivity index (χ1n) is 7.48. The molecule has 0 aromatic heterocycles. The number of para-hydroxylation sites is 1. The summed E-state index contributed by atoms with van der Waals surface area (Å²) in [5.74, 6) is 0.0286. The van der Waals surface area contributed by atoms with Crippen LogP contribution in [0.3, 0.4) is 0 Å². The monoisotopic (exact) mass is 289 g/mol. The average molecular weight is 289 g/mol. The maximum atomic E-state index is 13.1. The molecule has 0 amide bonds. The number of Topliss-reactive ketones (excluding diaryl/α,β-unsaturated/α-hetero) is 1. The van der Waals surface area contributed by atoms with E-state index >= 15 is 0 Å². The highest BCUT2D eigenvalue weighted by Gasteiger charge is 2.51. The van der Waals surface area contributed by atoms with Gasteiger partial charge in [-0.2, -0.15) is 0 Å². The second-order valence-electron chi connectivity index (χ2n) is 5.86. The molecule has 0 spiro atoms. The lowest BCUT2D eigenvalue weighted by Crippen LogP contribution is -2.49. The molecule has 2 atom stereocenters. The van der Waals surface area contributed by atoms with E-state index in [1.54, 1.807) is 0 Å². The van der Waals surface area contributed by atoms with Crippen LogP contribution >= 0.6 is 0 Å². The zero-order valence-corrected chi connectivity index (χ0v) is 12.5. The molecular weight excluding hydrogens is 272 g/mol. The number of hydrogen-bond acceptors (Lipinski definition) is 3. The van der Waals surface area contributed by atoms with Gasteiger partial charge in [0.25, 0.3) is 0 Å². The van der Waals surface area contributed by atoms with Crippen molar-refractivity contribution in [2.24, 2.45) is 5.92 Å². The molecule has 22 heavy (non-hydrogen) atoms. The Morgan fingerprint density at radius 3 is 3.05 bits per heavy atom. The summed E-state index contributed by atoms with van der Waals surface area (Å²) in [5, 5.41) is 3.50. The number of carbonyl (C=O) groups is 1. The summed E-state index contributed by atoms with van der Waals surface area (Å²) in [7, 11) is 2.04. The maximum absolute atomic E-state index is 13.1. The summed E-state index contributed by atoms with van der Waals surface area (Å²) < 4.78 is 0. The zero-order chi connectivity index (χ0) is 15.3. The molecule has 2 aliphatic heterocycles. The standard InChI is InChI=1S/C19H17N2O/c1-3-7-12-8-6-10-14-16(12)17-18(22)13-9-4-5-11-15(13)21(2)19(17)20-14/h3-5,8-11,17,19-20H,1,7H2,2H3/q+1. The first-order chi connectivity index (χ1) is 10.7. The van der Waals surface area contributed by atoms with Crippen molar-refractivity contribution in [2.45, 2.75) is 12.6 Å². The van der Waals surface area contributed by atoms with E-state index in [-0.39, 0.29) is 17.9 Å². The second-order valence-corrected chi connectivity index (χ2v) is 5.86. The highest BCUT2D eigenvalue weighted by molar-refractivity contribution is 6.08. The fourth-order valence-electron chi connectivity index (χ4n) is 3.67. The highest BCUT2D eigenvalue weighted by atomic mass is 16.1. The number of hydrogen-bond donors (Lipinski definition) is 1. The van der Waals surface area contributed by atoms with Crippen molar-refractivity contribution in [3.8, 4) is 0 Å². The fourth-order valence-corrected chi connectivity index (χ4v) is 3.67. The molecule has 1 saturated heterocycles. The van der Waals surface area contributed by atoms with Gasteiger partial charge < -0.3 is 10.2 Å². The zero-order valence-electron chi connectivity index (χ0n) is 12.5. The van der Waals surface area contributed by atoms with Crippen LogP contribution in [0.1, 0.15) is 16.8 Å². The Hall–Kier alpha value is -2.64. The minimum Gasteiger partial charge on any atom is -0.352 e. The van der Waals surface area contributed by atoms with Crippen molar-refractivity contribution in [2.75, 3.05) is 11.9 Å². The van der Waals surface area contributed by atoms with Gasteiger partial charge in [0.2, 0.25) is 0 Å². The van der Waals surface area contributed by atoms with Crippen molar-refractivity contribution in [1.82, 2.24) is 5.32 Å². The normalized spacial score (nSPS) is 24.9. The molecular formula is C19H17N2O+. The molecule has 3 aliphatic rings. The van der Waals surface area contributed by atoms with Gasteiger partial charge in [0, 0.05) is 30.8 Å².